The monoisotopic (exact) mass is 351 g/mol. The van der Waals surface area contributed by atoms with E-state index in [0.717, 1.165) is 22.9 Å². The number of rotatable bonds is 4. The molecule has 25 heavy (non-hydrogen) atoms. The predicted molar refractivity (Wildman–Crippen MR) is 97.0 cm³/mol. The number of nitrogens with one attached hydrogen (secondary N) is 1. The minimum absolute atomic E-state index is 0.0546. The van der Waals surface area contributed by atoms with Gasteiger partial charge in [-0.25, -0.2) is 0 Å². The lowest BCUT2D eigenvalue weighted by molar-refractivity contribution is -0.115. The third-order valence-corrected chi connectivity index (χ3v) is 4.28. The maximum Gasteiger partial charge on any atom is 0.290 e. The number of ketones is 1. The van der Waals surface area contributed by atoms with Crippen molar-refractivity contribution in [3.05, 3.63) is 76.2 Å². The first-order chi connectivity index (χ1) is 12.0. The van der Waals surface area contributed by atoms with Gasteiger partial charge in [-0.2, -0.15) is 0 Å². The molecule has 0 aliphatic carbocycles. The maximum absolute atomic E-state index is 12.1. The first kappa shape index (κ1) is 16.7. The van der Waals surface area contributed by atoms with E-state index < -0.39 is 5.91 Å². The molecule has 1 aliphatic heterocycles. The van der Waals surface area contributed by atoms with Crippen LogP contribution in [0, 0.1) is 0 Å². The molecule has 0 radical (unpaired) electrons. The second-order valence-corrected chi connectivity index (χ2v) is 6.25. The molecule has 2 N–H and O–H groups in total. The third kappa shape index (κ3) is 4.05. The van der Waals surface area contributed by atoms with E-state index in [4.69, 9.17) is 0 Å². The van der Waals surface area contributed by atoms with E-state index in [1.807, 2.05) is 0 Å². The number of para-hydroxylation sites is 1. The summed E-state index contributed by atoms with van der Waals surface area (Å²) in [6, 6.07) is 13.5. The molecule has 1 fully saturated rings. The van der Waals surface area contributed by atoms with Crippen LogP contribution in [-0.2, 0) is 4.79 Å². The molecule has 2 aromatic carbocycles. The van der Waals surface area contributed by atoms with Crippen LogP contribution in [0.3, 0.4) is 0 Å². The van der Waals surface area contributed by atoms with Crippen molar-refractivity contribution in [2.45, 2.75) is 0 Å². The number of hydrogen-bond donors (Lipinski definition) is 2. The van der Waals surface area contributed by atoms with Crippen LogP contribution in [0.25, 0.3) is 12.2 Å². The average molecular weight is 351 g/mol. The molecule has 1 saturated heterocycles. The molecule has 6 heteroatoms. The van der Waals surface area contributed by atoms with Gasteiger partial charge in [0.15, 0.2) is 5.78 Å². The van der Waals surface area contributed by atoms with E-state index in [9.17, 15) is 19.5 Å². The number of benzene rings is 2. The summed E-state index contributed by atoms with van der Waals surface area (Å²) in [6.07, 6.45) is 4.67. The molecular formula is C19H13NO4S. The number of thioether (sulfide) groups is 1. The minimum Gasteiger partial charge on any atom is -0.507 e. The van der Waals surface area contributed by atoms with Crippen LogP contribution in [0.1, 0.15) is 21.5 Å². The molecule has 3 rings (SSSR count). The lowest BCUT2D eigenvalue weighted by atomic mass is 10.1. The van der Waals surface area contributed by atoms with E-state index >= 15 is 0 Å². The van der Waals surface area contributed by atoms with Crippen molar-refractivity contribution >= 4 is 40.8 Å². The molecule has 0 atom stereocenters. The van der Waals surface area contributed by atoms with Gasteiger partial charge in [-0.15, -0.1) is 0 Å². The summed E-state index contributed by atoms with van der Waals surface area (Å²) in [7, 11) is 0. The van der Waals surface area contributed by atoms with Crippen LogP contribution in [0.5, 0.6) is 5.75 Å². The van der Waals surface area contributed by atoms with E-state index in [-0.39, 0.29) is 22.3 Å². The van der Waals surface area contributed by atoms with Crippen LogP contribution in [0.15, 0.2) is 59.5 Å². The standard InChI is InChI=1S/C19H13NO4S/c21-15-4-2-1-3-14(15)16(22)10-9-12-5-7-13(8-6-12)11-17-18(23)20-19(24)25-17/h1-11,21H,(H,20,23,24)/b10-9+,17-11+. The summed E-state index contributed by atoms with van der Waals surface area (Å²) >= 11 is 0.865. The highest BCUT2D eigenvalue weighted by Crippen LogP contribution is 2.25. The topological polar surface area (TPSA) is 83.5 Å². The fourth-order valence-electron chi connectivity index (χ4n) is 2.22. The predicted octanol–water partition coefficient (Wildman–Crippen LogP) is 3.61. The van der Waals surface area contributed by atoms with Crippen molar-refractivity contribution in [2.24, 2.45) is 0 Å². The van der Waals surface area contributed by atoms with Crippen molar-refractivity contribution < 1.29 is 19.5 Å². The van der Waals surface area contributed by atoms with Gasteiger partial charge < -0.3 is 5.11 Å². The molecule has 1 aliphatic rings. The number of phenols is 1. The summed E-state index contributed by atoms with van der Waals surface area (Å²) in [5.41, 5.74) is 1.82. The van der Waals surface area contributed by atoms with Crippen LogP contribution in [0.2, 0.25) is 0 Å². The summed E-state index contributed by atoms with van der Waals surface area (Å²) in [6.45, 7) is 0. The van der Waals surface area contributed by atoms with Crippen LogP contribution in [-0.4, -0.2) is 22.0 Å². The molecule has 2 amide bonds. The number of allylic oxidation sites excluding steroid dienone is 1. The Morgan fingerprint density at radius 2 is 1.68 bits per heavy atom. The molecule has 0 bridgehead atoms. The minimum atomic E-state index is -0.396. The highest BCUT2D eigenvalue weighted by molar-refractivity contribution is 8.18. The largest absolute Gasteiger partial charge is 0.507 e. The van der Waals surface area contributed by atoms with E-state index in [2.05, 4.69) is 5.32 Å². The maximum atomic E-state index is 12.1. The van der Waals surface area contributed by atoms with Gasteiger partial charge in [0, 0.05) is 0 Å². The number of carbonyl (C=O) groups excluding carboxylic acids is 3. The Balaban J connectivity index is 1.72. The Morgan fingerprint density at radius 3 is 2.32 bits per heavy atom. The summed E-state index contributed by atoms with van der Waals surface area (Å²) in [5.74, 6) is -0.741. The van der Waals surface area contributed by atoms with Gasteiger partial charge in [-0.3, -0.25) is 19.7 Å². The summed E-state index contributed by atoms with van der Waals surface area (Å²) in [4.78, 5) is 35.1. The fourth-order valence-corrected chi connectivity index (χ4v) is 2.90. The second-order valence-electron chi connectivity index (χ2n) is 5.23. The smallest absolute Gasteiger partial charge is 0.290 e. The van der Waals surface area contributed by atoms with Crippen LogP contribution in [0.4, 0.5) is 4.79 Å². The van der Waals surface area contributed by atoms with Crippen molar-refractivity contribution in [3.63, 3.8) is 0 Å². The number of aromatic hydroxyl groups is 1. The van der Waals surface area contributed by atoms with Crippen molar-refractivity contribution in [2.75, 3.05) is 0 Å². The van der Waals surface area contributed by atoms with Gasteiger partial charge in [0.25, 0.3) is 11.1 Å². The number of carbonyl (C=O) groups is 3. The summed E-state index contributed by atoms with van der Waals surface area (Å²) in [5, 5.41) is 11.5. The molecule has 0 unspecified atom stereocenters. The molecule has 124 valence electrons. The van der Waals surface area contributed by atoms with Gasteiger partial charge in [0.05, 0.1) is 10.5 Å². The number of hydrogen-bond acceptors (Lipinski definition) is 5. The molecule has 1 heterocycles. The zero-order chi connectivity index (χ0) is 17.8. The Labute approximate surface area is 148 Å². The zero-order valence-electron chi connectivity index (χ0n) is 12.9. The van der Waals surface area contributed by atoms with E-state index in [0.29, 0.717) is 4.91 Å². The Hall–Kier alpha value is -3.12. The molecular weight excluding hydrogens is 338 g/mol. The van der Waals surface area contributed by atoms with Gasteiger partial charge in [0.2, 0.25) is 0 Å². The SMILES string of the molecule is O=C1NC(=O)/C(=C\c2ccc(/C=C/C(=O)c3ccccc3O)cc2)S1. The van der Waals surface area contributed by atoms with Gasteiger partial charge in [-0.1, -0.05) is 42.5 Å². The lowest BCUT2D eigenvalue weighted by Gasteiger charge is -2.00. The van der Waals surface area contributed by atoms with Crippen molar-refractivity contribution in [1.29, 1.82) is 0 Å². The number of phenolic OH excluding ortho intramolecular Hbond substituents is 1. The highest BCUT2D eigenvalue weighted by atomic mass is 32.2. The lowest BCUT2D eigenvalue weighted by Crippen LogP contribution is -2.17. The van der Waals surface area contributed by atoms with E-state index in [1.165, 1.54) is 12.1 Å². The van der Waals surface area contributed by atoms with Gasteiger partial charge >= 0.3 is 0 Å². The van der Waals surface area contributed by atoms with Gasteiger partial charge in [-0.05, 0) is 47.2 Å². The Kier molecular flexibility index (Phi) is 4.81. The number of imide groups is 1. The van der Waals surface area contributed by atoms with Crippen LogP contribution < -0.4 is 5.32 Å². The summed E-state index contributed by atoms with van der Waals surface area (Å²) < 4.78 is 0. The van der Waals surface area contributed by atoms with E-state index in [1.54, 1.807) is 54.6 Å². The molecule has 0 aromatic heterocycles. The fraction of sp³-hybridized carbons (Fsp3) is 0. The molecule has 0 spiro atoms. The molecule has 5 nitrogen and oxygen atoms in total. The first-order valence-corrected chi connectivity index (χ1v) is 8.20. The first-order valence-electron chi connectivity index (χ1n) is 7.38. The number of amides is 2. The third-order valence-electron chi connectivity index (χ3n) is 3.47. The molecule has 0 saturated carbocycles. The van der Waals surface area contributed by atoms with Crippen molar-refractivity contribution in [1.82, 2.24) is 5.32 Å². The second kappa shape index (κ2) is 7.19. The quantitative estimate of drug-likeness (QED) is 0.649. The Bertz CT molecular complexity index is 913. The average Bonchev–Trinajstić information content (AvgIpc) is 2.91. The Morgan fingerprint density at radius 1 is 1.00 bits per heavy atom. The zero-order valence-corrected chi connectivity index (χ0v) is 13.7. The van der Waals surface area contributed by atoms with Crippen LogP contribution >= 0.6 is 11.8 Å². The highest BCUT2D eigenvalue weighted by Gasteiger charge is 2.24. The molecule has 2 aromatic rings. The normalized spacial score (nSPS) is 15.8. The van der Waals surface area contributed by atoms with Crippen molar-refractivity contribution in [3.8, 4) is 5.75 Å². The van der Waals surface area contributed by atoms with Gasteiger partial charge in [0.1, 0.15) is 5.75 Å².